The van der Waals surface area contributed by atoms with Crippen molar-refractivity contribution in [3.05, 3.63) is 0 Å². The summed E-state index contributed by atoms with van der Waals surface area (Å²) < 4.78 is 10.00. The van der Waals surface area contributed by atoms with E-state index < -0.39 is 5.41 Å². The number of hydrogen-bond acceptors (Lipinski definition) is 4. The lowest BCUT2D eigenvalue weighted by atomic mass is 9.85. The van der Waals surface area contributed by atoms with E-state index in [2.05, 4.69) is 18.7 Å². The molecule has 4 nitrogen and oxygen atoms in total. The predicted octanol–water partition coefficient (Wildman–Crippen LogP) is 1.15. The van der Waals surface area contributed by atoms with Gasteiger partial charge in [0.15, 0.2) is 0 Å². The zero-order valence-corrected chi connectivity index (χ0v) is 10.8. The molecule has 1 fully saturated rings. The van der Waals surface area contributed by atoms with Gasteiger partial charge in [-0.3, -0.25) is 4.79 Å². The molecule has 0 radical (unpaired) electrons. The van der Waals surface area contributed by atoms with Crippen LogP contribution in [0.25, 0.3) is 0 Å². The smallest absolute Gasteiger partial charge is 0.317 e. The Balaban J connectivity index is 2.41. The van der Waals surface area contributed by atoms with Gasteiger partial charge in [-0.25, -0.2) is 0 Å². The molecule has 0 amide bonds. The van der Waals surface area contributed by atoms with Crippen LogP contribution >= 0.6 is 0 Å². The Morgan fingerprint density at radius 1 is 1.50 bits per heavy atom. The van der Waals surface area contributed by atoms with Crippen LogP contribution in [0.4, 0.5) is 0 Å². The molecule has 1 rings (SSSR count). The Bertz CT molecular complexity index is 236. The molecule has 0 spiro atoms. The lowest BCUT2D eigenvalue weighted by Gasteiger charge is -2.41. The van der Waals surface area contributed by atoms with Crippen LogP contribution in [0, 0.1) is 11.3 Å². The molecule has 0 aromatic heterocycles. The van der Waals surface area contributed by atoms with Gasteiger partial charge in [0.1, 0.15) is 5.41 Å². The van der Waals surface area contributed by atoms with Crippen LogP contribution in [-0.2, 0) is 14.3 Å². The van der Waals surface area contributed by atoms with E-state index in [1.807, 2.05) is 7.05 Å². The first-order chi connectivity index (χ1) is 7.50. The SMILES string of the molecule is COC(=O)C1(CN(C)CCC(C)C)COC1. The lowest BCUT2D eigenvalue weighted by molar-refractivity contribution is -0.186. The minimum atomic E-state index is -0.416. The summed E-state index contributed by atoms with van der Waals surface area (Å²) in [7, 11) is 3.49. The molecule has 94 valence electrons. The highest BCUT2D eigenvalue weighted by molar-refractivity contribution is 5.78. The van der Waals surface area contributed by atoms with Crippen molar-refractivity contribution in [2.45, 2.75) is 20.3 Å². The third-order valence-electron chi connectivity index (χ3n) is 3.04. The third-order valence-corrected chi connectivity index (χ3v) is 3.04. The first kappa shape index (κ1) is 13.5. The van der Waals surface area contributed by atoms with Gasteiger partial charge >= 0.3 is 5.97 Å². The predicted molar refractivity (Wildman–Crippen MR) is 62.2 cm³/mol. The van der Waals surface area contributed by atoms with Crippen LogP contribution in [0.15, 0.2) is 0 Å². The van der Waals surface area contributed by atoms with Crippen molar-refractivity contribution >= 4 is 5.97 Å². The average molecular weight is 229 g/mol. The van der Waals surface area contributed by atoms with Crippen molar-refractivity contribution in [3.8, 4) is 0 Å². The number of carbonyl (C=O) groups is 1. The van der Waals surface area contributed by atoms with E-state index in [1.165, 1.54) is 7.11 Å². The first-order valence-electron chi connectivity index (χ1n) is 5.85. The van der Waals surface area contributed by atoms with Gasteiger partial charge in [-0.05, 0) is 25.9 Å². The highest BCUT2D eigenvalue weighted by Gasteiger charge is 2.47. The molecule has 1 aliphatic rings. The van der Waals surface area contributed by atoms with Crippen LogP contribution in [-0.4, -0.2) is 51.3 Å². The molecular formula is C12H23NO3. The molecule has 16 heavy (non-hydrogen) atoms. The molecule has 0 aromatic rings. The summed E-state index contributed by atoms with van der Waals surface area (Å²) in [6, 6.07) is 0. The fourth-order valence-corrected chi connectivity index (χ4v) is 1.91. The van der Waals surface area contributed by atoms with E-state index in [4.69, 9.17) is 9.47 Å². The van der Waals surface area contributed by atoms with Crippen molar-refractivity contribution in [3.63, 3.8) is 0 Å². The van der Waals surface area contributed by atoms with Gasteiger partial charge in [-0.15, -0.1) is 0 Å². The third kappa shape index (κ3) is 3.19. The van der Waals surface area contributed by atoms with Gasteiger partial charge in [-0.2, -0.15) is 0 Å². The summed E-state index contributed by atoms with van der Waals surface area (Å²) in [6.45, 7) is 7.13. The van der Waals surface area contributed by atoms with Crippen molar-refractivity contribution in [1.29, 1.82) is 0 Å². The minimum absolute atomic E-state index is 0.143. The van der Waals surface area contributed by atoms with Gasteiger partial charge in [0.25, 0.3) is 0 Å². The summed E-state index contributed by atoms with van der Waals surface area (Å²) in [5.74, 6) is 0.546. The maximum Gasteiger partial charge on any atom is 0.317 e. The molecule has 0 aliphatic carbocycles. The highest BCUT2D eigenvalue weighted by Crippen LogP contribution is 2.29. The fourth-order valence-electron chi connectivity index (χ4n) is 1.91. The zero-order chi connectivity index (χ0) is 12.2. The minimum Gasteiger partial charge on any atom is -0.468 e. The summed E-state index contributed by atoms with van der Waals surface area (Å²) in [4.78, 5) is 13.9. The zero-order valence-electron chi connectivity index (χ0n) is 10.8. The second-order valence-electron chi connectivity index (χ2n) is 5.19. The number of rotatable bonds is 6. The van der Waals surface area contributed by atoms with Gasteiger partial charge in [0.2, 0.25) is 0 Å². The van der Waals surface area contributed by atoms with E-state index in [-0.39, 0.29) is 5.97 Å². The van der Waals surface area contributed by atoms with E-state index in [0.717, 1.165) is 19.5 Å². The Morgan fingerprint density at radius 2 is 2.12 bits per heavy atom. The number of hydrogen-bond donors (Lipinski definition) is 0. The van der Waals surface area contributed by atoms with Gasteiger partial charge in [0.05, 0.1) is 20.3 Å². The van der Waals surface area contributed by atoms with E-state index in [1.54, 1.807) is 0 Å². The van der Waals surface area contributed by atoms with Crippen LogP contribution in [0.2, 0.25) is 0 Å². The summed E-state index contributed by atoms with van der Waals surface area (Å²) in [5.41, 5.74) is -0.416. The molecule has 1 heterocycles. The lowest BCUT2D eigenvalue weighted by Crippen LogP contribution is -2.56. The fraction of sp³-hybridized carbons (Fsp3) is 0.917. The largest absolute Gasteiger partial charge is 0.468 e. The molecule has 0 bridgehead atoms. The van der Waals surface area contributed by atoms with Crippen LogP contribution < -0.4 is 0 Å². The molecule has 0 aromatic carbocycles. The average Bonchev–Trinajstić information content (AvgIpc) is 2.19. The Hall–Kier alpha value is -0.610. The molecule has 1 aliphatic heterocycles. The molecule has 0 unspecified atom stereocenters. The van der Waals surface area contributed by atoms with Crippen molar-refractivity contribution < 1.29 is 14.3 Å². The second-order valence-corrected chi connectivity index (χ2v) is 5.19. The topological polar surface area (TPSA) is 38.8 Å². The van der Waals surface area contributed by atoms with Gasteiger partial charge in [-0.1, -0.05) is 13.8 Å². The van der Waals surface area contributed by atoms with Crippen molar-refractivity contribution in [2.24, 2.45) is 11.3 Å². The maximum absolute atomic E-state index is 11.7. The van der Waals surface area contributed by atoms with Crippen LogP contribution in [0.3, 0.4) is 0 Å². The molecule has 0 atom stereocenters. The maximum atomic E-state index is 11.7. The number of carbonyl (C=O) groups excluding carboxylic acids is 1. The molecular weight excluding hydrogens is 206 g/mol. The monoisotopic (exact) mass is 229 g/mol. The normalized spacial score (nSPS) is 18.6. The Labute approximate surface area is 97.9 Å². The number of nitrogens with zero attached hydrogens (tertiary/aromatic N) is 1. The van der Waals surface area contributed by atoms with E-state index in [0.29, 0.717) is 19.1 Å². The van der Waals surface area contributed by atoms with Gasteiger partial charge in [0, 0.05) is 6.54 Å². The molecule has 0 N–H and O–H groups in total. The van der Waals surface area contributed by atoms with E-state index >= 15 is 0 Å². The molecule has 1 saturated heterocycles. The Morgan fingerprint density at radius 3 is 2.50 bits per heavy atom. The summed E-state index contributed by atoms with van der Waals surface area (Å²) >= 11 is 0. The number of ether oxygens (including phenoxy) is 2. The second kappa shape index (κ2) is 5.64. The highest BCUT2D eigenvalue weighted by atomic mass is 16.5. The number of methoxy groups -OCH3 is 1. The number of esters is 1. The quantitative estimate of drug-likeness (QED) is 0.641. The van der Waals surface area contributed by atoms with Crippen molar-refractivity contribution in [1.82, 2.24) is 4.90 Å². The van der Waals surface area contributed by atoms with Crippen molar-refractivity contribution in [2.75, 3.05) is 40.5 Å². The van der Waals surface area contributed by atoms with Gasteiger partial charge < -0.3 is 14.4 Å². The standard InChI is InChI=1S/C12H23NO3/c1-10(2)5-6-13(3)7-12(8-16-9-12)11(14)15-4/h10H,5-9H2,1-4H3. The summed E-state index contributed by atoms with van der Waals surface area (Å²) in [6.07, 6.45) is 1.15. The molecule has 4 heteroatoms. The first-order valence-corrected chi connectivity index (χ1v) is 5.85. The summed E-state index contributed by atoms with van der Waals surface area (Å²) in [5, 5.41) is 0. The van der Waals surface area contributed by atoms with Crippen LogP contribution in [0.1, 0.15) is 20.3 Å². The Kier molecular flexibility index (Phi) is 4.74. The molecule has 0 saturated carbocycles. The van der Waals surface area contributed by atoms with E-state index in [9.17, 15) is 4.79 Å². The van der Waals surface area contributed by atoms with Crippen LogP contribution in [0.5, 0.6) is 0 Å².